The molecule has 20 heavy (non-hydrogen) atoms. The first kappa shape index (κ1) is 12.5. The van der Waals surface area contributed by atoms with E-state index < -0.39 is 0 Å². The second-order valence-electron chi connectivity index (χ2n) is 4.63. The molecule has 0 atom stereocenters. The first-order valence-electron chi connectivity index (χ1n) is 6.53. The number of hydrogen-bond acceptors (Lipinski definition) is 4. The van der Waals surface area contributed by atoms with Crippen molar-refractivity contribution in [2.75, 3.05) is 12.3 Å². The highest BCUT2D eigenvalue weighted by molar-refractivity contribution is 5.64. The third-order valence-electron chi connectivity index (χ3n) is 3.11. The average molecular weight is 268 g/mol. The van der Waals surface area contributed by atoms with Gasteiger partial charge in [0.25, 0.3) is 0 Å². The third kappa shape index (κ3) is 2.07. The Balaban J connectivity index is 2.17. The van der Waals surface area contributed by atoms with Crippen LogP contribution in [-0.4, -0.2) is 21.2 Å². The molecule has 0 spiro atoms. The van der Waals surface area contributed by atoms with E-state index in [1.54, 1.807) is 0 Å². The minimum Gasteiger partial charge on any atom is -0.494 e. The van der Waals surface area contributed by atoms with Gasteiger partial charge in [0.05, 0.1) is 6.61 Å². The lowest BCUT2D eigenvalue weighted by molar-refractivity contribution is 0.340. The van der Waals surface area contributed by atoms with Crippen LogP contribution in [0.1, 0.15) is 12.5 Å². The van der Waals surface area contributed by atoms with E-state index >= 15 is 0 Å². The van der Waals surface area contributed by atoms with Crippen molar-refractivity contribution in [3.63, 3.8) is 0 Å². The van der Waals surface area contributed by atoms with E-state index in [0.717, 1.165) is 28.3 Å². The molecule has 0 amide bonds. The molecule has 102 valence electrons. The Morgan fingerprint density at radius 1 is 1.25 bits per heavy atom. The zero-order valence-electron chi connectivity index (χ0n) is 11.5. The van der Waals surface area contributed by atoms with Crippen molar-refractivity contribution in [3.05, 3.63) is 42.1 Å². The monoisotopic (exact) mass is 268 g/mol. The molecule has 2 heterocycles. The summed E-state index contributed by atoms with van der Waals surface area (Å²) < 4.78 is 7.43. The van der Waals surface area contributed by atoms with E-state index in [9.17, 15) is 0 Å². The molecular weight excluding hydrogens is 252 g/mol. The van der Waals surface area contributed by atoms with Gasteiger partial charge in [0, 0.05) is 17.4 Å². The van der Waals surface area contributed by atoms with Crippen LogP contribution in [0.5, 0.6) is 5.75 Å². The lowest BCUT2D eigenvalue weighted by atomic mass is 10.2. The predicted molar refractivity (Wildman–Crippen MR) is 78.7 cm³/mol. The van der Waals surface area contributed by atoms with Gasteiger partial charge in [0.1, 0.15) is 5.75 Å². The first-order chi connectivity index (χ1) is 9.69. The fourth-order valence-corrected chi connectivity index (χ4v) is 2.27. The minimum absolute atomic E-state index is 0.635. The first-order valence-corrected chi connectivity index (χ1v) is 6.53. The number of nitrogens with two attached hydrogens (primary N) is 1. The smallest absolute Gasteiger partial charge is 0.168 e. The Labute approximate surface area is 117 Å². The Bertz CT molecular complexity index is 764. The van der Waals surface area contributed by atoms with Gasteiger partial charge in [-0.3, -0.25) is 4.40 Å². The van der Waals surface area contributed by atoms with Crippen molar-refractivity contribution >= 4 is 11.3 Å². The number of nitrogens with zero attached hydrogens (tertiary/aromatic N) is 3. The fourth-order valence-electron chi connectivity index (χ4n) is 2.27. The number of aryl methyl sites for hydroxylation is 1. The second kappa shape index (κ2) is 4.85. The molecule has 1 aromatic carbocycles. The third-order valence-corrected chi connectivity index (χ3v) is 3.11. The molecule has 0 fully saturated rings. The number of hydrogen-bond donors (Lipinski definition) is 1. The van der Waals surface area contributed by atoms with Crippen LogP contribution in [0.2, 0.25) is 0 Å². The van der Waals surface area contributed by atoms with Crippen molar-refractivity contribution < 1.29 is 4.74 Å². The lowest BCUT2D eigenvalue weighted by Gasteiger charge is -2.06. The molecule has 0 aliphatic heterocycles. The summed E-state index contributed by atoms with van der Waals surface area (Å²) in [4.78, 5) is 0. The van der Waals surface area contributed by atoms with Gasteiger partial charge in [-0.25, -0.2) is 0 Å². The maximum atomic E-state index is 5.91. The van der Waals surface area contributed by atoms with E-state index in [-0.39, 0.29) is 0 Å². The van der Waals surface area contributed by atoms with Gasteiger partial charge in [0.2, 0.25) is 0 Å². The quantitative estimate of drug-likeness (QED) is 0.793. The van der Waals surface area contributed by atoms with Gasteiger partial charge >= 0.3 is 0 Å². The highest BCUT2D eigenvalue weighted by atomic mass is 16.5. The van der Waals surface area contributed by atoms with E-state index in [2.05, 4.69) is 10.2 Å². The maximum Gasteiger partial charge on any atom is 0.168 e. The summed E-state index contributed by atoms with van der Waals surface area (Å²) in [7, 11) is 0. The Kier molecular flexibility index (Phi) is 3.02. The summed E-state index contributed by atoms with van der Waals surface area (Å²) in [5.74, 6) is 1.58. The second-order valence-corrected chi connectivity index (χ2v) is 4.63. The Morgan fingerprint density at radius 3 is 2.90 bits per heavy atom. The summed E-state index contributed by atoms with van der Waals surface area (Å²) in [5.41, 5.74) is 9.37. The molecule has 0 aliphatic rings. The fraction of sp³-hybridized carbons (Fsp3) is 0.200. The van der Waals surface area contributed by atoms with Gasteiger partial charge in [0.15, 0.2) is 11.5 Å². The van der Waals surface area contributed by atoms with Gasteiger partial charge in [-0.15, -0.1) is 10.2 Å². The van der Waals surface area contributed by atoms with Crippen LogP contribution >= 0.6 is 0 Å². The molecule has 3 aromatic rings. The van der Waals surface area contributed by atoms with Crippen LogP contribution in [0.15, 0.2) is 36.5 Å². The summed E-state index contributed by atoms with van der Waals surface area (Å²) in [6.45, 7) is 4.57. The lowest BCUT2D eigenvalue weighted by Crippen LogP contribution is -1.96. The zero-order chi connectivity index (χ0) is 14.1. The van der Waals surface area contributed by atoms with Crippen LogP contribution < -0.4 is 10.5 Å². The molecular formula is C15H16N4O. The minimum atomic E-state index is 0.635. The molecule has 3 rings (SSSR count). The van der Waals surface area contributed by atoms with E-state index in [1.807, 2.05) is 54.8 Å². The molecule has 0 bridgehead atoms. The normalized spacial score (nSPS) is 10.9. The highest BCUT2D eigenvalue weighted by Gasteiger charge is 2.11. The summed E-state index contributed by atoms with van der Waals surface area (Å²) >= 11 is 0. The molecule has 0 radical (unpaired) electrons. The van der Waals surface area contributed by atoms with Crippen LogP contribution in [-0.2, 0) is 0 Å². The summed E-state index contributed by atoms with van der Waals surface area (Å²) in [6, 6.07) is 9.71. The number of aromatic nitrogens is 3. The standard InChI is InChI=1S/C15H16N4O/c1-3-20-13-6-4-5-11(8-13)15-18-17-14-10(2)7-12(16)9-19(14)15/h4-9H,3,16H2,1-2H3. The van der Waals surface area contributed by atoms with Gasteiger partial charge in [-0.05, 0) is 37.6 Å². The van der Waals surface area contributed by atoms with E-state index in [1.165, 1.54) is 0 Å². The molecule has 2 N–H and O–H groups in total. The molecule has 0 saturated heterocycles. The number of anilines is 1. The van der Waals surface area contributed by atoms with E-state index in [0.29, 0.717) is 12.3 Å². The van der Waals surface area contributed by atoms with Crippen molar-refractivity contribution in [3.8, 4) is 17.1 Å². The number of nitrogen functional groups attached to an aromatic ring is 1. The van der Waals surface area contributed by atoms with Crippen LogP contribution in [0, 0.1) is 6.92 Å². The van der Waals surface area contributed by atoms with Gasteiger partial charge in [-0.2, -0.15) is 0 Å². The number of rotatable bonds is 3. The molecule has 0 aliphatic carbocycles. The van der Waals surface area contributed by atoms with Crippen LogP contribution in [0.3, 0.4) is 0 Å². The van der Waals surface area contributed by atoms with E-state index in [4.69, 9.17) is 10.5 Å². The SMILES string of the molecule is CCOc1cccc(-c2nnc3c(C)cc(N)cn23)c1. The summed E-state index contributed by atoms with van der Waals surface area (Å²) in [5, 5.41) is 8.50. The molecule has 0 unspecified atom stereocenters. The van der Waals surface area contributed by atoms with Crippen molar-refractivity contribution in [1.29, 1.82) is 0 Å². The highest BCUT2D eigenvalue weighted by Crippen LogP contribution is 2.24. The topological polar surface area (TPSA) is 65.4 Å². The number of benzene rings is 1. The number of pyridine rings is 1. The van der Waals surface area contributed by atoms with Crippen molar-refractivity contribution in [2.45, 2.75) is 13.8 Å². The van der Waals surface area contributed by atoms with Crippen molar-refractivity contribution in [1.82, 2.24) is 14.6 Å². The molecule has 5 nitrogen and oxygen atoms in total. The molecule has 2 aromatic heterocycles. The molecule has 5 heteroatoms. The van der Waals surface area contributed by atoms with Crippen molar-refractivity contribution in [2.24, 2.45) is 0 Å². The maximum absolute atomic E-state index is 5.91. The van der Waals surface area contributed by atoms with Gasteiger partial charge < -0.3 is 10.5 Å². The zero-order valence-corrected chi connectivity index (χ0v) is 11.5. The Hall–Kier alpha value is -2.56. The predicted octanol–water partition coefficient (Wildman–Crippen LogP) is 2.69. The number of ether oxygens (including phenoxy) is 1. The van der Waals surface area contributed by atoms with Gasteiger partial charge in [-0.1, -0.05) is 12.1 Å². The van der Waals surface area contributed by atoms with Crippen LogP contribution in [0.25, 0.3) is 17.0 Å². The Morgan fingerprint density at radius 2 is 2.10 bits per heavy atom. The number of fused-ring (bicyclic) bond motifs is 1. The van der Waals surface area contributed by atoms with Crippen LogP contribution in [0.4, 0.5) is 5.69 Å². The molecule has 0 saturated carbocycles. The summed E-state index contributed by atoms with van der Waals surface area (Å²) in [6.07, 6.45) is 1.84. The average Bonchev–Trinajstić information content (AvgIpc) is 2.83. The largest absolute Gasteiger partial charge is 0.494 e.